The summed E-state index contributed by atoms with van der Waals surface area (Å²) in [5.74, 6) is 1.25. The van der Waals surface area contributed by atoms with Crippen LogP contribution in [0, 0.1) is 0 Å². The summed E-state index contributed by atoms with van der Waals surface area (Å²) in [7, 11) is 3.19. The molecule has 2 heterocycles. The van der Waals surface area contributed by atoms with Crippen LogP contribution in [-0.2, 0) is 9.47 Å². The molecule has 2 aromatic rings. The van der Waals surface area contributed by atoms with Crippen molar-refractivity contribution in [1.82, 2.24) is 9.80 Å². The van der Waals surface area contributed by atoms with Crippen molar-refractivity contribution in [3.63, 3.8) is 0 Å². The van der Waals surface area contributed by atoms with Gasteiger partial charge in [0.15, 0.2) is 17.3 Å². The number of benzene rings is 2. The lowest BCUT2D eigenvalue weighted by Crippen LogP contribution is -2.55. The van der Waals surface area contributed by atoms with Gasteiger partial charge in [-0.25, -0.2) is 0 Å². The number of ketones is 1. The molecule has 4 rings (SSSR count). The van der Waals surface area contributed by atoms with Crippen LogP contribution in [0.25, 0.3) is 0 Å². The highest BCUT2D eigenvalue weighted by molar-refractivity contribution is 6.01. The van der Waals surface area contributed by atoms with Gasteiger partial charge in [0.05, 0.1) is 52.7 Å². The van der Waals surface area contributed by atoms with E-state index in [2.05, 4.69) is 21.9 Å². The summed E-state index contributed by atoms with van der Waals surface area (Å²) in [5.41, 5.74) is 1.76. The highest BCUT2D eigenvalue weighted by Crippen LogP contribution is 2.34. The molecule has 0 N–H and O–H groups in total. The standard InChI is InChI=1S/C25H32N2O5/c1-29-21-9-8-20(18-22(21)30-2)25(28)24(27-12-16-32-17-13-27)23(19-6-4-3-5-7-19)26-10-14-31-15-11-26/h3-9,18,23-24H,10-17H2,1-2H3/t23-,24+/m1/s1. The molecule has 2 aliphatic rings. The van der Waals surface area contributed by atoms with Gasteiger partial charge < -0.3 is 18.9 Å². The van der Waals surface area contributed by atoms with Crippen LogP contribution in [0.15, 0.2) is 48.5 Å². The lowest BCUT2D eigenvalue weighted by Gasteiger charge is -2.44. The third-order valence-corrected chi connectivity index (χ3v) is 6.25. The molecule has 2 atom stereocenters. The van der Waals surface area contributed by atoms with E-state index < -0.39 is 0 Å². The Kier molecular flexibility index (Phi) is 7.76. The normalized spacial score (nSPS) is 19.8. The molecule has 0 bridgehead atoms. The van der Waals surface area contributed by atoms with E-state index in [1.165, 1.54) is 0 Å². The quantitative estimate of drug-likeness (QED) is 0.585. The van der Waals surface area contributed by atoms with E-state index in [-0.39, 0.29) is 17.9 Å². The molecular formula is C25H32N2O5. The van der Waals surface area contributed by atoms with Gasteiger partial charge in [0.2, 0.25) is 0 Å². The van der Waals surface area contributed by atoms with E-state index in [0.717, 1.165) is 31.7 Å². The molecule has 2 aliphatic heterocycles. The lowest BCUT2D eigenvalue weighted by atomic mass is 9.89. The van der Waals surface area contributed by atoms with E-state index in [1.807, 2.05) is 24.3 Å². The molecule has 0 saturated carbocycles. The minimum Gasteiger partial charge on any atom is -0.493 e. The van der Waals surface area contributed by atoms with Crippen molar-refractivity contribution in [1.29, 1.82) is 0 Å². The fourth-order valence-electron chi connectivity index (χ4n) is 4.62. The van der Waals surface area contributed by atoms with Crippen LogP contribution in [0.2, 0.25) is 0 Å². The first-order valence-corrected chi connectivity index (χ1v) is 11.2. The van der Waals surface area contributed by atoms with Crippen molar-refractivity contribution in [2.45, 2.75) is 12.1 Å². The van der Waals surface area contributed by atoms with Gasteiger partial charge in [-0.3, -0.25) is 14.6 Å². The highest BCUT2D eigenvalue weighted by atomic mass is 16.5. The Bertz CT molecular complexity index is 879. The molecule has 2 fully saturated rings. The van der Waals surface area contributed by atoms with E-state index in [1.54, 1.807) is 26.4 Å². The smallest absolute Gasteiger partial charge is 0.182 e. The molecule has 172 valence electrons. The van der Waals surface area contributed by atoms with Crippen LogP contribution in [0.3, 0.4) is 0 Å². The zero-order valence-electron chi connectivity index (χ0n) is 18.9. The summed E-state index contributed by atoms with van der Waals surface area (Å²) in [6, 6.07) is 15.3. The van der Waals surface area contributed by atoms with Crippen LogP contribution in [0.4, 0.5) is 0 Å². The second-order valence-corrected chi connectivity index (χ2v) is 8.03. The summed E-state index contributed by atoms with van der Waals surface area (Å²) in [4.78, 5) is 18.8. The highest BCUT2D eigenvalue weighted by Gasteiger charge is 2.39. The summed E-state index contributed by atoms with van der Waals surface area (Å²) in [6.45, 7) is 5.61. The van der Waals surface area contributed by atoms with Crippen molar-refractivity contribution in [2.24, 2.45) is 0 Å². The molecule has 2 aromatic carbocycles. The van der Waals surface area contributed by atoms with Gasteiger partial charge in [-0.05, 0) is 23.8 Å². The van der Waals surface area contributed by atoms with Gasteiger partial charge in [0.25, 0.3) is 0 Å². The zero-order chi connectivity index (χ0) is 22.3. The number of carbonyl (C=O) groups is 1. The van der Waals surface area contributed by atoms with Crippen LogP contribution < -0.4 is 9.47 Å². The van der Waals surface area contributed by atoms with E-state index in [9.17, 15) is 4.79 Å². The van der Waals surface area contributed by atoms with Gasteiger partial charge >= 0.3 is 0 Å². The minimum absolute atomic E-state index is 0.0770. The number of Topliss-reactive ketones (excluding diaryl/α,β-unsaturated/α-hetero) is 1. The molecule has 32 heavy (non-hydrogen) atoms. The molecule has 0 unspecified atom stereocenters. The largest absolute Gasteiger partial charge is 0.493 e. The van der Waals surface area contributed by atoms with Crippen LogP contribution in [0.5, 0.6) is 11.5 Å². The Hall–Kier alpha value is -2.45. The molecule has 2 saturated heterocycles. The van der Waals surface area contributed by atoms with Crippen LogP contribution in [-0.4, -0.2) is 88.5 Å². The number of carbonyl (C=O) groups excluding carboxylic acids is 1. The molecule has 0 radical (unpaired) electrons. The van der Waals surface area contributed by atoms with Crippen LogP contribution >= 0.6 is 0 Å². The molecule has 0 spiro atoms. The van der Waals surface area contributed by atoms with Gasteiger partial charge in [-0.2, -0.15) is 0 Å². The third kappa shape index (κ3) is 4.96. The molecule has 0 amide bonds. The Morgan fingerprint density at radius 3 is 2.00 bits per heavy atom. The molecule has 0 aromatic heterocycles. The predicted octanol–water partition coefficient (Wildman–Crippen LogP) is 2.66. The zero-order valence-corrected chi connectivity index (χ0v) is 18.9. The second kappa shape index (κ2) is 10.9. The fourth-order valence-corrected chi connectivity index (χ4v) is 4.62. The third-order valence-electron chi connectivity index (χ3n) is 6.25. The molecular weight excluding hydrogens is 408 g/mol. The first-order chi connectivity index (χ1) is 15.7. The number of methoxy groups -OCH3 is 2. The Labute approximate surface area is 189 Å². The average molecular weight is 441 g/mol. The van der Waals surface area contributed by atoms with E-state index >= 15 is 0 Å². The maximum absolute atomic E-state index is 14.1. The van der Waals surface area contributed by atoms with E-state index in [4.69, 9.17) is 18.9 Å². The second-order valence-electron chi connectivity index (χ2n) is 8.03. The SMILES string of the molecule is COc1ccc(C(=O)[C@H]([C@@H](c2ccccc2)N2CCOCC2)N2CCOCC2)cc1OC. The first kappa shape index (κ1) is 22.7. The van der Waals surface area contributed by atoms with Gasteiger partial charge in [-0.15, -0.1) is 0 Å². The molecule has 0 aliphatic carbocycles. The lowest BCUT2D eigenvalue weighted by molar-refractivity contribution is -0.0301. The Morgan fingerprint density at radius 1 is 0.812 bits per heavy atom. The summed E-state index contributed by atoms with van der Waals surface area (Å²) < 4.78 is 22.1. The number of ether oxygens (including phenoxy) is 4. The maximum Gasteiger partial charge on any atom is 0.182 e. The molecule has 7 nitrogen and oxygen atoms in total. The topological polar surface area (TPSA) is 60.5 Å². The van der Waals surface area contributed by atoms with Gasteiger partial charge in [-0.1, -0.05) is 30.3 Å². The van der Waals surface area contributed by atoms with Gasteiger partial charge in [0, 0.05) is 31.7 Å². The van der Waals surface area contributed by atoms with Crippen LogP contribution in [0.1, 0.15) is 22.0 Å². The molecule has 7 heteroatoms. The Balaban J connectivity index is 1.76. The monoisotopic (exact) mass is 440 g/mol. The van der Waals surface area contributed by atoms with Crippen molar-refractivity contribution in [2.75, 3.05) is 66.8 Å². The summed E-state index contributed by atoms with van der Waals surface area (Å²) in [5, 5.41) is 0. The minimum atomic E-state index is -0.350. The van der Waals surface area contributed by atoms with Crippen molar-refractivity contribution in [3.05, 3.63) is 59.7 Å². The fraction of sp³-hybridized carbons (Fsp3) is 0.480. The number of hydrogen-bond donors (Lipinski definition) is 0. The van der Waals surface area contributed by atoms with Crippen molar-refractivity contribution in [3.8, 4) is 11.5 Å². The summed E-state index contributed by atoms with van der Waals surface area (Å²) >= 11 is 0. The van der Waals surface area contributed by atoms with Gasteiger partial charge in [0.1, 0.15) is 0 Å². The number of nitrogens with zero attached hydrogens (tertiary/aromatic N) is 2. The summed E-state index contributed by atoms with van der Waals surface area (Å²) in [6.07, 6.45) is 0. The van der Waals surface area contributed by atoms with Crippen molar-refractivity contribution < 1.29 is 23.7 Å². The first-order valence-electron chi connectivity index (χ1n) is 11.2. The number of morpholine rings is 2. The van der Waals surface area contributed by atoms with Crippen molar-refractivity contribution >= 4 is 5.78 Å². The van der Waals surface area contributed by atoms with E-state index in [0.29, 0.717) is 43.5 Å². The maximum atomic E-state index is 14.1. The predicted molar refractivity (Wildman–Crippen MR) is 122 cm³/mol. The average Bonchev–Trinajstić information content (AvgIpc) is 2.88. The number of rotatable bonds is 8. The Morgan fingerprint density at radius 2 is 1.41 bits per heavy atom. The number of hydrogen-bond acceptors (Lipinski definition) is 7.